The molecule has 2 fully saturated rings. The SMILES string of the molecule is C=CCN1CC(=O)N2CC(=O)N(Cc3ccc(N)c(N(C)N)c3)C[C@@H]2N1C(=O)NCc1ccccc1. The lowest BCUT2D eigenvalue weighted by atomic mass is 10.1. The number of anilines is 2. The van der Waals surface area contributed by atoms with Crippen LogP contribution >= 0.6 is 0 Å². The van der Waals surface area contributed by atoms with Gasteiger partial charge in [0.15, 0.2) is 0 Å². The second-order valence-electron chi connectivity index (χ2n) is 8.91. The summed E-state index contributed by atoms with van der Waals surface area (Å²) in [6.07, 6.45) is 0.996. The van der Waals surface area contributed by atoms with Crippen molar-refractivity contribution in [1.29, 1.82) is 0 Å². The van der Waals surface area contributed by atoms with Gasteiger partial charge in [-0.25, -0.2) is 20.7 Å². The van der Waals surface area contributed by atoms with Crippen molar-refractivity contribution in [3.8, 4) is 0 Å². The summed E-state index contributed by atoms with van der Waals surface area (Å²) in [5, 5.41) is 7.56. The van der Waals surface area contributed by atoms with Gasteiger partial charge < -0.3 is 25.9 Å². The van der Waals surface area contributed by atoms with Gasteiger partial charge in [0.25, 0.3) is 0 Å². The first-order chi connectivity index (χ1) is 17.3. The molecule has 4 rings (SSSR count). The van der Waals surface area contributed by atoms with Gasteiger partial charge in [-0.2, -0.15) is 0 Å². The Morgan fingerprint density at radius 2 is 1.89 bits per heavy atom. The summed E-state index contributed by atoms with van der Waals surface area (Å²) < 4.78 is 0. The van der Waals surface area contributed by atoms with Crippen LogP contribution in [0.5, 0.6) is 0 Å². The number of amides is 4. The molecule has 0 aliphatic carbocycles. The molecule has 0 unspecified atom stereocenters. The van der Waals surface area contributed by atoms with E-state index in [1.54, 1.807) is 29.1 Å². The Kier molecular flexibility index (Phi) is 7.41. The largest absolute Gasteiger partial charge is 0.397 e. The van der Waals surface area contributed by atoms with Crippen molar-refractivity contribution in [2.24, 2.45) is 5.84 Å². The summed E-state index contributed by atoms with van der Waals surface area (Å²) >= 11 is 0. The zero-order chi connectivity index (χ0) is 25.8. The number of nitrogens with one attached hydrogen (secondary N) is 1. The molecule has 11 heteroatoms. The number of nitrogen functional groups attached to an aromatic ring is 1. The molecule has 190 valence electrons. The van der Waals surface area contributed by atoms with Crippen LogP contribution in [0.25, 0.3) is 0 Å². The summed E-state index contributed by atoms with van der Waals surface area (Å²) in [6, 6.07) is 14.6. The highest BCUT2D eigenvalue weighted by atomic mass is 16.2. The molecule has 4 amide bonds. The van der Waals surface area contributed by atoms with E-state index in [9.17, 15) is 14.4 Å². The van der Waals surface area contributed by atoms with Crippen molar-refractivity contribution in [2.45, 2.75) is 19.3 Å². The highest BCUT2D eigenvalue weighted by Crippen LogP contribution is 2.26. The first kappa shape index (κ1) is 25.0. The molecular formula is C25H32N8O3. The van der Waals surface area contributed by atoms with Crippen LogP contribution in [0.1, 0.15) is 11.1 Å². The van der Waals surface area contributed by atoms with E-state index in [2.05, 4.69) is 11.9 Å². The third-order valence-corrected chi connectivity index (χ3v) is 6.31. The highest BCUT2D eigenvalue weighted by Gasteiger charge is 2.46. The minimum absolute atomic E-state index is 0.0152. The van der Waals surface area contributed by atoms with E-state index in [1.165, 1.54) is 14.9 Å². The smallest absolute Gasteiger partial charge is 0.334 e. The fourth-order valence-electron chi connectivity index (χ4n) is 4.51. The van der Waals surface area contributed by atoms with E-state index in [4.69, 9.17) is 11.6 Å². The van der Waals surface area contributed by atoms with Crippen LogP contribution in [0.4, 0.5) is 16.2 Å². The molecule has 36 heavy (non-hydrogen) atoms. The minimum Gasteiger partial charge on any atom is -0.397 e. The van der Waals surface area contributed by atoms with Crippen molar-refractivity contribution >= 4 is 29.2 Å². The molecule has 0 radical (unpaired) electrons. The van der Waals surface area contributed by atoms with Crippen LogP contribution in [-0.2, 0) is 22.7 Å². The van der Waals surface area contributed by atoms with E-state index in [-0.39, 0.29) is 37.5 Å². The lowest BCUT2D eigenvalue weighted by molar-refractivity contribution is -0.180. The lowest BCUT2D eigenvalue weighted by Gasteiger charge is -2.52. The molecule has 5 N–H and O–H groups in total. The Morgan fingerprint density at radius 3 is 2.58 bits per heavy atom. The maximum absolute atomic E-state index is 13.4. The standard InChI is InChI=1S/C25H32N8O3/c1-3-11-31-16-24(35)32-17-23(34)30(14-19-9-10-20(26)21(12-19)29(2)27)15-22(32)33(31)25(36)28-13-18-7-5-4-6-8-18/h3-10,12,22H,1,11,13-17,26-27H2,2H3,(H,28,36)/t22-/m0/s1. The second kappa shape index (κ2) is 10.7. The number of carbonyl (C=O) groups is 3. The Hall–Kier alpha value is -4.09. The average molecular weight is 493 g/mol. The number of hydrogen-bond acceptors (Lipinski definition) is 7. The van der Waals surface area contributed by atoms with Gasteiger partial charge in [0.05, 0.1) is 24.5 Å². The van der Waals surface area contributed by atoms with Crippen LogP contribution < -0.4 is 21.9 Å². The van der Waals surface area contributed by atoms with E-state index >= 15 is 0 Å². The normalized spacial score (nSPS) is 18.2. The highest BCUT2D eigenvalue weighted by molar-refractivity contribution is 5.89. The first-order valence-corrected chi connectivity index (χ1v) is 11.7. The number of benzene rings is 2. The molecule has 2 aliphatic rings. The maximum Gasteiger partial charge on any atom is 0.334 e. The van der Waals surface area contributed by atoms with Gasteiger partial charge in [0.1, 0.15) is 12.7 Å². The number of piperazine rings is 1. The molecule has 2 saturated heterocycles. The fraction of sp³-hybridized carbons (Fsp3) is 0.320. The quantitative estimate of drug-likeness (QED) is 0.224. The zero-order valence-corrected chi connectivity index (χ0v) is 20.3. The van der Waals surface area contributed by atoms with Crippen molar-refractivity contribution in [1.82, 2.24) is 25.1 Å². The summed E-state index contributed by atoms with van der Waals surface area (Å²) in [5.74, 6) is 5.48. The van der Waals surface area contributed by atoms with Crippen molar-refractivity contribution in [2.75, 3.05) is 44.0 Å². The van der Waals surface area contributed by atoms with Crippen molar-refractivity contribution in [3.05, 3.63) is 72.3 Å². The van der Waals surface area contributed by atoms with E-state index < -0.39 is 6.17 Å². The predicted molar refractivity (Wildman–Crippen MR) is 137 cm³/mol. The molecule has 0 aromatic heterocycles. The van der Waals surface area contributed by atoms with Crippen LogP contribution in [0.3, 0.4) is 0 Å². The van der Waals surface area contributed by atoms with Gasteiger partial charge in [-0.1, -0.05) is 42.5 Å². The van der Waals surface area contributed by atoms with Crippen LogP contribution in [-0.4, -0.2) is 77.1 Å². The molecule has 0 bridgehead atoms. The van der Waals surface area contributed by atoms with Crippen LogP contribution in [0.2, 0.25) is 0 Å². The van der Waals surface area contributed by atoms with E-state index in [1.807, 2.05) is 42.5 Å². The zero-order valence-electron chi connectivity index (χ0n) is 20.3. The van der Waals surface area contributed by atoms with Gasteiger partial charge in [-0.3, -0.25) is 9.59 Å². The number of rotatable bonds is 7. The molecule has 2 aliphatic heterocycles. The minimum atomic E-state index is -0.648. The van der Waals surface area contributed by atoms with Gasteiger partial charge in [0.2, 0.25) is 11.8 Å². The number of urea groups is 1. The number of nitrogens with zero attached hydrogens (tertiary/aromatic N) is 5. The summed E-state index contributed by atoms with van der Waals surface area (Å²) in [6.45, 7) is 4.75. The van der Waals surface area contributed by atoms with Gasteiger partial charge in [-0.15, -0.1) is 6.58 Å². The summed E-state index contributed by atoms with van der Waals surface area (Å²) in [4.78, 5) is 42.4. The second-order valence-corrected chi connectivity index (χ2v) is 8.91. The van der Waals surface area contributed by atoms with Crippen LogP contribution in [0, 0.1) is 0 Å². The summed E-state index contributed by atoms with van der Waals surface area (Å²) in [7, 11) is 1.69. The third kappa shape index (κ3) is 5.26. The Morgan fingerprint density at radius 1 is 1.14 bits per heavy atom. The molecule has 1 atom stereocenters. The van der Waals surface area contributed by atoms with Gasteiger partial charge in [0, 0.05) is 26.7 Å². The molecule has 2 aromatic carbocycles. The van der Waals surface area contributed by atoms with Crippen molar-refractivity contribution in [3.63, 3.8) is 0 Å². The molecule has 0 saturated carbocycles. The topological polar surface area (TPSA) is 131 Å². The molecular weight excluding hydrogens is 460 g/mol. The molecule has 2 heterocycles. The number of hydrazine groups is 2. The van der Waals surface area contributed by atoms with Crippen molar-refractivity contribution < 1.29 is 14.4 Å². The predicted octanol–water partition coefficient (Wildman–Crippen LogP) is 0.704. The number of nitrogens with two attached hydrogens (primary N) is 2. The van der Waals surface area contributed by atoms with Crippen LogP contribution in [0.15, 0.2) is 61.2 Å². The molecule has 0 spiro atoms. The summed E-state index contributed by atoms with van der Waals surface area (Å²) in [5.41, 5.74) is 8.97. The number of fused-ring (bicyclic) bond motifs is 1. The van der Waals surface area contributed by atoms with Gasteiger partial charge in [-0.05, 0) is 23.3 Å². The average Bonchev–Trinajstić information content (AvgIpc) is 2.85. The first-order valence-electron chi connectivity index (χ1n) is 11.7. The van der Waals surface area contributed by atoms with E-state index in [0.29, 0.717) is 31.0 Å². The number of hydrogen-bond donors (Lipinski definition) is 3. The third-order valence-electron chi connectivity index (χ3n) is 6.31. The Bertz CT molecular complexity index is 1140. The molecule has 11 nitrogen and oxygen atoms in total. The Balaban J connectivity index is 1.56. The number of carbonyl (C=O) groups excluding carboxylic acids is 3. The fourth-order valence-corrected chi connectivity index (χ4v) is 4.51. The lowest BCUT2D eigenvalue weighted by Crippen LogP contribution is -2.73. The Labute approximate surface area is 210 Å². The molecule has 2 aromatic rings. The van der Waals surface area contributed by atoms with Gasteiger partial charge >= 0.3 is 6.03 Å². The monoisotopic (exact) mass is 492 g/mol. The van der Waals surface area contributed by atoms with E-state index in [0.717, 1.165) is 11.1 Å². The maximum atomic E-state index is 13.4.